The van der Waals surface area contributed by atoms with Gasteiger partial charge in [-0.05, 0) is 101 Å². The molecule has 12 nitrogen and oxygen atoms in total. The first-order chi connectivity index (χ1) is 25.3. The predicted molar refractivity (Wildman–Crippen MR) is 207 cm³/mol. The van der Waals surface area contributed by atoms with E-state index in [4.69, 9.17) is 16.0 Å². The number of fused-ring (bicyclic) bond motifs is 4. The standard InChI is InChI=1S/C39H33N5O4.CH4O3S/c40-24-18-28-26-10-3-1-8-22(26)16-30-34(28)32(20-24)38(47)43(36(30)45)14-6-5-12-42-13-7-15-44-37(46)31-17-23-9-2-4-11-27(23)29-19-25(41)21-33(35(29)31)39(44)48;1-5(2,3)4/h1-4,8-11,16-21,42H,5-7,12-15,40-41H2;1H3,(H,2,3,4). The molecular formula is C40H37N5O7S. The van der Waals surface area contributed by atoms with Gasteiger partial charge in [-0.15, -0.1) is 0 Å². The Kier molecular flexibility index (Phi) is 9.32. The van der Waals surface area contributed by atoms with E-state index in [0.29, 0.717) is 83.1 Å². The summed E-state index contributed by atoms with van der Waals surface area (Å²) in [5, 5.41) is 10.1. The average molecular weight is 732 g/mol. The maximum Gasteiger partial charge on any atom is 0.261 e. The van der Waals surface area contributed by atoms with E-state index < -0.39 is 10.1 Å². The molecule has 6 aromatic carbocycles. The van der Waals surface area contributed by atoms with Crippen molar-refractivity contribution in [1.29, 1.82) is 0 Å². The van der Waals surface area contributed by atoms with Crippen molar-refractivity contribution in [3.63, 3.8) is 0 Å². The first-order valence-corrected chi connectivity index (χ1v) is 19.0. The van der Waals surface area contributed by atoms with Crippen LogP contribution in [0.5, 0.6) is 0 Å². The fourth-order valence-electron chi connectivity index (χ4n) is 7.38. The lowest BCUT2D eigenvalue weighted by Gasteiger charge is -2.28. The number of hydrogen-bond donors (Lipinski definition) is 4. The first-order valence-electron chi connectivity index (χ1n) is 17.2. The number of nitrogen functional groups attached to an aromatic ring is 2. The minimum Gasteiger partial charge on any atom is -0.399 e. The van der Waals surface area contributed by atoms with E-state index in [2.05, 4.69) is 5.32 Å². The van der Waals surface area contributed by atoms with Crippen molar-refractivity contribution in [2.24, 2.45) is 0 Å². The van der Waals surface area contributed by atoms with Gasteiger partial charge in [0.15, 0.2) is 0 Å². The van der Waals surface area contributed by atoms with Gasteiger partial charge < -0.3 is 16.8 Å². The number of anilines is 2. The highest BCUT2D eigenvalue weighted by molar-refractivity contribution is 7.85. The number of carbonyl (C=O) groups excluding carboxylic acids is 4. The molecule has 0 unspecified atom stereocenters. The van der Waals surface area contributed by atoms with Crippen molar-refractivity contribution in [3.05, 3.63) is 107 Å². The van der Waals surface area contributed by atoms with Crippen molar-refractivity contribution in [2.75, 3.05) is 43.9 Å². The zero-order valence-corrected chi connectivity index (χ0v) is 29.7. The van der Waals surface area contributed by atoms with Crippen LogP contribution in [-0.4, -0.2) is 78.8 Å². The molecule has 2 aliphatic heterocycles. The summed E-state index contributed by atoms with van der Waals surface area (Å²) in [5.41, 5.74) is 15.3. The molecular weight excluding hydrogens is 695 g/mol. The zero-order valence-electron chi connectivity index (χ0n) is 28.9. The minimum absolute atomic E-state index is 0.271. The number of imide groups is 2. The van der Waals surface area contributed by atoms with Crippen molar-refractivity contribution >= 4 is 88.2 Å². The number of nitrogens with two attached hydrogens (primary N) is 2. The molecule has 0 atom stereocenters. The van der Waals surface area contributed by atoms with Crippen LogP contribution in [0.15, 0.2) is 84.9 Å². The van der Waals surface area contributed by atoms with Crippen LogP contribution < -0.4 is 16.8 Å². The highest BCUT2D eigenvalue weighted by Gasteiger charge is 2.35. The number of nitrogens with one attached hydrogen (secondary N) is 1. The highest BCUT2D eigenvalue weighted by Crippen LogP contribution is 2.38. The fraction of sp³-hybridized carbons (Fsp3) is 0.200. The van der Waals surface area contributed by atoms with Crippen molar-refractivity contribution in [2.45, 2.75) is 19.3 Å². The lowest BCUT2D eigenvalue weighted by Crippen LogP contribution is -2.42. The van der Waals surface area contributed by atoms with Gasteiger partial charge >= 0.3 is 0 Å². The van der Waals surface area contributed by atoms with Gasteiger partial charge in [0.05, 0.1) is 17.4 Å². The number of benzene rings is 6. The van der Waals surface area contributed by atoms with E-state index in [1.807, 2.05) is 72.8 Å². The quantitative estimate of drug-likeness (QED) is 0.0477. The molecule has 0 saturated carbocycles. The summed E-state index contributed by atoms with van der Waals surface area (Å²) in [6.45, 7) is 1.82. The molecule has 4 amide bonds. The third-order valence-electron chi connectivity index (χ3n) is 9.58. The number of carbonyl (C=O) groups is 4. The SMILES string of the molecule is CS(=O)(=O)O.Nc1cc2c3c(cc4ccccc4c3c1)C(=O)N(CCCCNCCCN1C(=O)c3cc(N)cc4c3c(cc3ccccc34)C1=O)C2=O. The van der Waals surface area contributed by atoms with Crippen LogP contribution in [-0.2, 0) is 10.1 Å². The summed E-state index contributed by atoms with van der Waals surface area (Å²) in [4.78, 5) is 56.7. The van der Waals surface area contributed by atoms with Crippen LogP contribution in [0.3, 0.4) is 0 Å². The predicted octanol–water partition coefficient (Wildman–Crippen LogP) is 5.62. The maximum atomic E-state index is 13.6. The monoisotopic (exact) mass is 731 g/mol. The largest absolute Gasteiger partial charge is 0.399 e. The van der Waals surface area contributed by atoms with Crippen LogP contribution in [0.25, 0.3) is 43.1 Å². The highest BCUT2D eigenvalue weighted by atomic mass is 32.2. The second-order valence-electron chi connectivity index (χ2n) is 13.3. The first kappa shape index (κ1) is 35.5. The van der Waals surface area contributed by atoms with Gasteiger partial charge in [0.1, 0.15) is 0 Å². The van der Waals surface area contributed by atoms with Crippen LogP contribution in [0, 0.1) is 0 Å². The Morgan fingerprint density at radius 2 is 0.943 bits per heavy atom. The number of unbranched alkanes of at least 4 members (excludes halogenated alkanes) is 1. The summed E-state index contributed by atoms with van der Waals surface area (Å²) in [6, 6.07) is 26.3. The number of rotatable bonds is 9. The molecule has 2 aliphatic rings. The second-order valence-corrected chi connectivity index (χ2v) is 14.8. The summed E-state index contributed by atoms with van der Waals surface area (Å²) in [5.74, 6) is -1.24. The summed E-state index contributed by atoms with van der Waals surface area (Å²) >= 11 is 0. The van der Waals surface area contributed by atoms with Crippen LogP contribution in [0.2, 0.25) is 0 Å². The molecule has 0 radical (unpaired) electrons. The van der Waals surface area contributed by atoms with E-state index in [-0.39, 0.29) is 30.2 Å². The smallest absolute Gasteiger partial charge is 0.261 e. The third-order valence-corrected chi connectivity index (χ3v) is 9.58. The second kappa shape index (κ2) is 13.9. The molecule has 0 aromatic heterocycles. The minimum atomic E-state index is -3.67. The van der Waals surface area contributed by atoms with E-state index in [1.54, 1.807) is 12.1 Å². The molecule has 0 saturated heterocycles. The zero-order chi connectivity index (χ0) is 37.6. The Balaban J connectivity index is 0.000000817. The molecule has 6 N–H and O–H groups in total. The Morgan fingerprint density at radius 1 is 0.566 bits per heavy atom. The molecule has 8 rings (SSSR count). The maximum absolute atomic E-state index is 13.6. The van der Waals surface area contributed by atoms with Crippen molar-refractivity contribution in [1.82, 2.24) is 15.1 Å². The molecule has 6 aromatic rings. The molecule has 53 heavy (non-hydrogen) atoms. The average Bonchev–Trinajstić information content (AvgIpc) is 3.11. The molecule has 0 spiro atoms. The van der Waals surface area contributed by atoms with Crippen molar-refractivity contribution in [3.8, 4) is 0 Å². The molecule has 0 bridgehead atoms. The Bertz CT molecular complexity index is 2470. The van der Waals surface area contributed by atoms with Crippen LogP contribution in [0.4, 0.5) is 11.4 Å². The number of nitrogens with zero attached hydrogens (tertiary/aromatic N) is 2. The van der Waals surface area contributed by atoms with Gasteiger partial charge in [-0.1, -0.05) is 48.5 Å². The van der Waals surface area contributed by atoms with E-state index in [0.717, 1.165) is 38.7 Å². The Hall–Kier alpha value is -5.89. The van der Waals surface area contributed by atoms with E-state index in [9.17, 15) is 27.6 Å². The molecule has 2 heterocycles. The summed E-state index contributed by atoms with van der Waals surface area (Å²) in [6.07, 6.45) is 2.65. The lowest BCUT2D eigenvalue weighted by molar-refractivity contribution is 0.0591. The van der Waals surface area contributed by atoms with Gasteiger partial charge in [0, 0.05) is 46.4 Å². The topological polar surface area (TPSA) is 193 Å². The number of amides is 4. The fourth-order valence-corrected chi connectivity index (χ4v) is 7.38. The van der Waals surface area contributed by atoms with Gasteiger partial charge in [-0.3, -0.25) is 33.5 Å². The molecule has 0 aliphatic carbocycles. The summed E-state index contributed by atoms with van der Waals surface area (Å²) < 4.78 is 25.9. The lowest BCUT2D eigenvalue weighted by atomic mass is 9.89. The molecule has 270 valence electrons. The van der Waals surface area contributed by atoms with Gasteiger partial charge in [-0.25, -0.2) is 0 Å². The van der Waals surface area contributed by atoms with Gasteiger partial charge in [0.2, 0.25) is 0 Å². The molecule has 13 heteroatoms. The van der Waals surface area contributed by atoms with Gasteiger partial charge in [-0.2, -0.15) is 8.42 Å². The normalized spacial score (nSPS) is 14.1. The van der Waals surface area contributed by atoms with Gasteiger partial charge in [0.25, 0.3) is 33.7 Å². The van der Waals surface area contributed by atoms with E-state index >= 15 is 0 Å². The van der Waals surface area contributed by atoms with Crippen LogP contribution in [0.1, 0.15) is 60.7 Å². The molecule has 0 fully saturated rings. The Morgan fingerprint density at radius 3 is 1.40 bits per heavy atom. The Labute approximate surface area is 305 Å². The van der Waals surface area contributed by atoms with Crippen molar-refractivity contribution < 1.29 is 32.1 Å². The van der Waals surface area contributed by atoms with E-state index in [1.165, 1.54) is 9.80 Å². The third kappa shape index (κ3) is 6.77. The number of hydrogen-bond acceptors (Lipinski definition) is 9. The van der Waals surface area contributed by atoms with Crippen LogP contribution >= 0.6 is 0 Å². The summed E-state index contributed by atoms with van der Waals surface area (Å²) in [7, 11) is -3.67.